The molecule has 0 aromatic heterocycles. The fourth-order valence-electron chi connectivity index (χ4n) is 0. The van der Waals surface area contributed by atoms with Crippen LogP contribution in [0.4, 0.5) is 0 Å². The van der Waals surface area contributed by atoms with Crippen molar-refractivity contribution in [1.29, 1.82) is 0 Å². The van der Waals surface area contributed by atoms with E-state index in [0.29, 0.717) is 0 Å². The van der Waals surface area contributed by atoms with Gasteiger partial charge in [-0.15, -0.1) is 0 Å². The Morgan fingerprint density at radius 1 is 1.00 bits per heavy atom. The normalized spacial score (nSPS) is 7.50. The van der Waals surface area contributed by atoms with Gasteiger partial charge in [-0.2, -0.15) is 0 Å². The molecule has 0 fully saturated rings. The van der Waals surface area contributed by atoms with Crippen LogP contribution in [0.5, 0.6) is 0 Å². The summed E-state index contributed by atoms with van der Waals surface area (Å²) in [6.45, 7) is 0. The molecule has 0 saturated heterocycles. The van der Waals surface area contributed by atoms with Gasteiger partial charge < -0.3 is 17.0 Å². The van der Waals surface area contributed by atoms with E-state index < -0.39 is 12.0 Å². The molecule has 0 spiro atoms. The third-order valence-corrected chi connectivity index (χ3v) is 0. The Labute approximate surface area is 116 Å². The molecule has 0 aliphatic rings. The Morgan fingerprint density at radius 2 is 1.00 bits per heavy atom. The van der Waals surface area contributed by atoms with Crippen LogP contribution in [0, 0.1) is 0 Å². The van der Waals surface area contributed by atoms with E-state index >= 15 is 0 Å². The third kappa shape index (κ3) is 23.9. The molecule has 0 bridgehead atoms. The van der Waals surface area contributed by atoms with Crippen molar-refractivity contribution < 1.29 is 80.4 Å². The van der Waals surface area contributed by atoms with Gasteiger partial charge in [-0.05, 0) is 0 Å². The molecule has 0 unspecified atom stereocenters. The minimum atomic E-state index is -0.766. The number of hydrogen-bond acceptors (Lipinski definition) is 0. The quantitative estimate of drug-likeness (QED) is 0.273. The van der Waals surface area contributed by atoms with E-state index in [1.54, 1.807) is 0 Å². The molecular weight excluding hydrogens is 556 g/mol. The van der Waals surface area contributed by atoms with Crippen molar-refractivity contribution in [3.8, 4) is 0 Å². The van der Waals surface area contributed by atoms with Crippen molar-refractivity contribution >= 4 is 39.1 Å². The largest absolute Gasteiger partial charge is 1.00 e. The SMILES string of the molecule is [Br-].[Br][Au]([Br])[Br].[K+]. The van der Waals surface area contributed by atoms with Crippen LogP contribution >= 0.6 is 39.1 Å². The molecule has 6 heavy (non-hydrogen) atoms. The van der Waals surface area contributed by atoms with Gasteiger partial charge in [0.15, 0.2) is 0 Å². The molecule has 0 rings (SSSR count). The molecule has 0 N–H and O–H groups in total. The van der Waals surface area contributed by atoms with Gasteiger partial charge in [-0.25, -0.2) is 0 Å². The van der Waals surface area contributed by atoms with E-state index in [4.69, 9.17) is 0 Å². The average Bonchev–Trinajstić information content (AvgIpc) is 0.811. The van der Waals surface area contributed by atoms with Gasteiger partial charge in [0.1, 0.15) is 0 Å². The third-order valence-electron chi connectivity index (χ3n) is 0. The second kappa shape index (κ2) is 12.0. The summed E-state index contributed by atoms with van der Waals surface area (Å²) < 4.78 is 0. The van der Waals surface area contributed by atoms with Crippen LogP contribution in [0.1, 0.15) is 0 Å². The van der Waals surface area contributed by atoms with Gasteiger partial charge in [-0.1, -0.05) is 0 Å². The van der Waals surface area contributed by atoms with Crippen LogP contribution in [0.2, 0.25) is 0 Å². The average molecular weight is 556 g/mol. The van der Waals surface area contributed by atoms with Gasteiger partial charge >= 0.3 is 102 Å². The van der Waals surface area contributed by atoms with Crippen LogP contribution in [0.15, 0.2) is 0 Å². The summed E-state index contributed by atoms with van der Waals surface area (Å²) in [6, 6.07) is 0. The summed E-state index contributed by atoms with van der Waals surface area (Å²) in [4.78, 5) is 0. The zero-order valence-electron chi connectivity index (χ0n) is 2.81. The minimum Gasteiger partial charge on any atom is 1.00 e. The molecule has 0 aliphatic heterocycles. The molecule has 0 aromatic rings. The molecule has 0 heterocycles. The Balaban J connectivity index is -0.0000000450. The summed E-state index contributed by atoms with van der Waals surface area (Å²) in [5, 5.41) is 0. The van der Waals surface area contributed by atoms with Gasteiger partial charge in [0.05, 0.1) is 0 Å². The number of halogens is 4. The maximum absolute atomic E-state index is 3.25. The summed E-state index contributed by atoms with van der Waals surface area (Å²) >= 11 is 8.99. The zero-order chi connectivity index (χ0) is 3.58. The van der Waals surface area contributed by atoms with Crippen molar-refractivity contribution in [2.24, 2.45) is 0 Å². The fourth-order valence-corrected chi connectivity index (χ4v) is 0. The van der Waals surface area contributed by atoms with Crippen LogP contribution in [0.25, 0.3) is 0 Å². The summed E-state index contributed by atoms with van der Waals surface area (Å²) in [5.74, 6) is 0. The van der Waals surface area contributed by atoms with Crippen molar-refractivity contribution in [2.75, 3.05) is 0 Å². The Morgan fingerprint density at radius 3 is 1.00 bits per heavy atom. The molecule has 0 aliphatic carbocycles. The first-order chi connectivity index (χ1) is 1.73. The molecular formula is AuBr4K. The first kappa shape index (κ1) is 16.7. The van der Waals surface area contributed by atoms with Crippen molar-refractivity contribution in [3.63, 3.8) is 0 Å². The first-order valence-electron chi connectivity index (χ1n) is 0.342. The summed E-state index contributed by atoms with van der Waals surface area (Å²) in [5.41, 5.74) is 0. The smallest absolute Gasteiger partial charge is 1.00 e. The van der Waals surface area contributed by atoms with Crippen LogP contribution in [-0.2, 0) is 12.0 Å². The van der Waals surface area contributed by atoms with Crippen molar-refractivity contribution in [3.05, 3.63) is 0 Å². The first-order valence-corrected chi connectivity index (χ1v) is 14.5. The van der Waals surface area contributed by atoms with Crippen molar-refractivity contribution in [2.45, 2.75) is 0 Å². The van der Waals surface area contributed by atoms with Gasteiger partial charge in [0.25, 0.3) is 0 Å². The Bertz CT molecular complexity index is 12.3. The van der Waals surface area contributed by atoms with E-state index in [1.165, 1.54) is 0 Å². The summed E-state index contributed by atoms with van der Waals surface area (Å²) in [7, 11) is 0. The maximum Gasteiger partial charge on any atom is 1.00 e. The summed E-state index contributed by atoms with van der Waals surface area (Å²) in [6.07, 6.45) is 0. The van der Waals surface area contributed by atoms with E-state index in [-0.39, 0.29) is 68.4 Å². The van der Waals surface area contributed by atoms with Crippen LogP contribution in [-0.4, -0.2) is 0 Å². The predicted octanol–water partition coefficient (Wildman–Crippen LogP) is -3.46. The molecule has 0 amide bonds. The van der Waals surface area contributed by atoms with Gasteiger partial charge in [-0.3, -0.25) is 0 Å². The van der Waals surface area contributed by atoms with Crippen molar-refractivity contribution in [1.82, 2.24) is 0 Å². The molecule has 0 nitrogen and oxygen atoms in total. The second-order valence-electron chi connectivity index (χ2n) is 0.129. The standard InChI is InChI=1S/Au.4BrH.K/h;4*1H;/q+3;;;;;+1/p-4. The van der Waals surface area contributed by atoms with E-state index in [2.05, 4.69) is 39.1 Å². The van der Waals surface area contributed by atoms with Crippen LogP contribution < -0.4 is 68.4 Å². The van der Waals surface area contributed by atoms with Crippen LogP contribution in [0.3, 0.4) is 0 Å². The Hall–Kier alpha value is 4.30. The maximum atomic E-state index is 3.25. The topological polar surface area (TPSA) is 0 Å². The second-order valence-corrected chi connectivity index (χ2v) is 28.6. The number of rotatable bonds is 0. The molecule has 0 aromatic carbocycles. The monoisotopic (exact) mass is 552 g/mol. The van der Waals surface area contributed by atoms with Gasteiger partial charge in [0, 0.05) is 0 Å². The molecule has 0 radical (unpaired) electrons. The van der Waals surface area contributed by atoms with E-state index in [1.807, 2.05) is 0 Å². The fraction of sp³-hybridized carbons (Fsp3) is 0. The predicted molar refractivity (Wildman–Crippen MR) is 26.8 cm³/mol. The van der Waals surface area contributed by atoms with E-state index in [9.17, 15) is 0 Å². The Kier molecular flexibility index (Phi) is 33.5. The van der Waals surface area contributed by atoms with E-state index in [0.717, 1.165) is 0 Å². The minimum absolute atomic E-state index is 0. The zero-order valence-corrected chi connectivity index (χ0v) is 14.4. The molecule has 0 atom stereocenters. The molecule has 40 valence electrons. The number of hydrogen-bond donors (Lipinski definition) is 0. The molecule has 6 heteroatoms. The molecule has 0 saturated carbocycles. The van der Waals surface area contributed by atoms with Gasteiger partial charge in [0.2, 0.25) is 0 Å².